The number of nitrogens with zero attached hydrogens (tertiary/aromatic N) is 1. The number of ether oxygens (including phenoxy) is 1. The second kappa shape index (κ2) is 4.67. The van der Waals surface area contributed by atoms with Crippen molar-refractivity contribution in [2.45, 2.75) is 30.0 Å². The van der Waals surface area contributed by atoms with E-state index in [-0.39, 0.29) is 17.7 Å². The van der Waals surface area contributed by atoms with Gasteiger partial charge < -0.3 is 9.84 Å². The molecule has 0 spiro atoms. The Kier molecular flexibility index (Phi) is 3.37. The van der Waals surface area contributed by atoms with Crippen molar-refractivity contribution in [3.05, 3.63) is 11.8 Å². The molecule has 0 bridgehead atoms. The minimum absolute atomic E-state index is 0.0541. The van der Waals surface area contributed by atoms with Crippen molar-refractivity contribution in [3.8, 4) is 0 Å². The van der Waals surface area contributed by atoms with E-state index in [1.165, 1.54) is 0 Å². The van der Waals surface area contributed by atoms with Gasteiger partial charge in [-0.05, 0) is 12.8 Å². The zero-order valence-electron chi connectivity index (χ0n) is 9.58. The maximum absolute atomic E-state index is 11.9. The predicted octanol–water partition coefficient (Wildman–Crippen LogP) is -0.436. The van der Waals surface area contributed by atoms with Crippen molar-refractivity contribution in [2.75, 3.05) is 7.11 Å². The molecule has 1 aliphatic rings. The van der Waals surface area contributed by atoms with Crippen LogP contribution in [0.15, 0.2) is 11.2 Å². The summed E-state index contributed by atoms with van der Waals surface area (Å²) in [5, 5.41) is 14.0. The summed E-state index contributed by atoms with van der Waals surface area (Å²) in [5.74, 6) is -1.34. The molecule has 1 heterocycles. The van der Waals surface area contributed by atoms with Gasteiger partial charge in [-0.1, -0.05) is 0 Å². The number of carboxylic acid groups (broad SMARTS) is 1. The van der Waals surface area contributed by atoms with Crippen molar-refractivity contribution in [1.82, 2.24) is 14.9 Å². The van der Waals surface area contributed by atoms with E-state index in [1.54, 1.807) is 7.11 Å². The molecule has 1 aromatic heterocycles. The number of aromatic nitrogens is 2. The van der Waals surface area contributed by atoms with Crippen LogP contribution in [0.5, 0.6) is 0 Å². The Morgan fingerprint density at radius 2 is 2.28 bits per heavy atom. The molecule has 18 heavy (non-hydrogen) atoms. The van der Waals surface area contributed by atoms with Crippen LogP contribution in [-0.4, -0.2) is 48.9 Å². The monoisotopic (exact) mass is 275 g/mol. The highest BCUT2D eigenvalue weighted by Crippen LogP contribution is 2.24. The van der Waals surface area contributed by atoms with Gasteiger partial charge in [-0.2, -0.15) is 5.10 Å². The third-order valence-corrected chi connectivity index (χ3v) is 4.35. The van der Waals surface area contributed by atoms with Crippen LogP contribution in [-0.2, 0) is 14.8 Å². The highest BCUT2D eigenvalue weighted by Gasteiger charge is 2.34. The molecule has 9 heteroatoms. The lowest BCUT2D eigenvalue weighted by atomic mass is 9.90. The second-order valence-electron chi connectivity index (χ2n) is 4.07. The molecule has 1 fully saturated rings. The number of rotatable bonds is 5. The van der Waals surface area contributed by atoms with E-state index in [2.05, 4.69) is 14.9 Å². The zero-order valence-corrected chi connectivity index (χ0v) is 10.4. The standard InChI is InChI=1S/C9H13N3O5S/c1-17-6-2-5(3-6)12-18(15,16)8-7(9(13)14)4-10-11-8/h4-6,12H,2-3H2,1H3,(H,10,11)(H,13,14). The number of hydrogen-bond donors (Lipinski definition) is 3. The van der Waals surface area contributed by atoms with Crippen LogP contribution in [0, 0.1) is 0 Å². The van der Waals surface area contributed by atoms with Crippen LogP contribution in [0.25, 0.3) is 0 Å². The largest absolute Gasteiger partial charge is 0.478 e. The SMILES string of the molecule is COC1CC(NS(=O)(=O)c2[nH]ncc2C(=O)O)C1. The highest BCUT2D eigenvalue weighted by molar-refractivity contribution is 7.89. The molecule has 2 rings (SSSR count). The molecule has 0 aliphatic heterocycles. The summed E-state index contributed by atoms with van der Waals surface area (Å²) < 4.78 is 31.3. The summed E-state index contributed by atoms with van der Waals surface area (Å²) in [6.45, 7) is 0. The first-order chi connectivity index (χ1) is 8.44. The van der Waals surface area contributed by atoms with E-state index in [9.17, 15) is 13.2 Å². The lowest BCUT2D eigenvalue weighted by Gasteiger charge is -2.34. The van der Waals surface area contributed by atoms with E-state index >= 15 is 0 Å². The van der Waals surface area contributed by atoms with Crippen molar-refractivity contribution in [1.29, 1.82) is 0 Å². The number of H-pyrrole nitrogens is 1. The molecule has 1 aromatic rings. The number of carboxylic acids is 1. The third-order valence-electron chi connectivity index (χ3n) is 2.85. The van der Waals surface area contributed by atoms with Crippen molar-refractivity contribution in [2.24, 2.45) is 0 Å². The lowest BCUT2D eigenvalue weighted by Crippen LogP contribution is -2.47. The average Bonchev–Trinajstić information content (AvgIpc) is 2.72. The van der Waals surface area contributed by atoms with E-state index in [0.717, 1.165) is 6.20 Å². The van der Waals surface area contributed by atoms with Crippen molar-refractivity contribution < 1.29 is 23.1 Å². The van der Waals surface area contributed by atoms with E-state index in [1.807, 2.05) is 0 Å². The molecule has 0 atom stereocenters. The summed E-state index contributed by atoms with van der Waals surface area (Å²) in [6.07, 6.45) is 2.17. The fraction of sp³-hybridized carbons (Fsp3) is 0.556. The smallest absolute Gasteiger partial charge is 0.340 e. The topological polar surface area (TPSA) is 121 Å². The van der Waals surface area contributed by atoms with Gasteiger partial charge >= 0.3 is 5.97 Å². The predicted molar refractivity (Wildman–Crippen MR) is 59.7 cm³/mol. The molecule has 3 N–H and O–H groups in total. The average molecular weight is 275 g/mol. The Bertz CT molecular complexity index is 546. The number of methoxy groups -OCH3 is 1. The number of hydrogen-bond acceptors (Lipinski definition) is 5. The Morgan fingerprint density at radius 1 is 1.61 bits per heavy atom. The quantitative estimate of drug-likeness (QED) is 0.670. The van der Waals surface area contributed by atoms with Gasteiger partial charge in [0.25, 0.3) is 10.0 Å². The Morgan fingerprint density at radius 3 is 2.83 bits per heavy atom. The third kappa shape index (κ3) is 2.37. The van der Waals surface area contributed by atoms with Crippen LogP contribution >= 0.6 is 0 Å². The molecule has 0 radical (unpaired) electrons. The number of nitrogens with one attached hydrogen (secondary N) is 2. The van der Waals surface area contributed by atoms with Crippen LogP contribution in [0.4, 0.5) is 0 Å². The summed E-state index contributed by atoms with van der Waals surface area (Å²) in [4.78, 5) is 10.8. The maximum Gasteiger partial charge on any atom is 0.340 e. The highest BCUT2D eigenvalue weighted by atomic mass is 32.2. The van der Waals surface area contributed by atoms with Crippen molar-refractivity contribution in [3.63, 3.8) is 0 Å². The van der Waals surface area contributed by atoms with Gasteiger partial charge in [0.2, 0.25) is 0 Å². The van der Waals surface area contributed by atoms with Crippen LogP contribution in [0.1, 0.15) is 23.2 Å². The molecule has 1 saturated carbocycles. The van der Waals surface area contributed by atoms with Gasteiger partial charge in [0.15, 0.2) is 5.03 Å². The fourth-order valence-corrected chi connectivity index (χ4v) is 3.12. The first kappa shape index (κ1) is 13.0. The van der Waals surface area contributed by atoms with Gasteiger partial charge in [-0.3, -0.25) is 5.10 Å². The molecule has 100 valence electrons. The molecule has 1 aliphatic carbocycles. The number of aromatic amines is 1. The number of aromatic carboxylic acids is 1. The van der Waals surface area contributed by atoms with E-state index in [4.69, 9.17) is 9.84 Å². The maximum atomic E-state index is 11.9. The molecule has 0 saturated heterocycles. The molecule has 0 amide bonds. The molecular weight excluding hydrogens is 262 g/mol. The molecule has 8 nitrogen and oxygen atoms in total. The summed E-state index contributed by atoms with van der Waals surface area (Å²) in [7, 11) is -2.33. The van der Waals surface area contributed by atoms with Gasteiger partial charge in [0, 0.05) is 13.2 Å². The minimum atomic E-state index is -3.89. The van der Waals surface area contributed by atoms with Gasteiger partial charge in [-0.25, -0.2) is 17.9 Å². The van der Waals surface area contributed by atoms with E-state index < -0.39 is 21.0 Å². The Balaban J connectivity index is 2.12. The fourth-order valence-electron chi connectivity index (χ4n) is 1.76. The van der Waals surface area contributed by atoms with E-state index in [0.29, 0.717) is 12.8 Å². The van der Waals surface area contributed by atoms with Gasteiger partial charge in [0.05, 0.1) is 12.3 Å². The molecule has 0 aromatic carbocycles. The first-order valence-electron chi connectivity index (χ1n) is 5.26. The Labute approximate surface area is 103 Å². The number of carbonyl (C=O) groups is 1. The van der Waals surface area contributed by atoms with Crippen LogP contribution < -0.4 is 4.72 Å². The summed E-state index contributed by atoms with van der Waals surface area (Å²) in [5.41, 5.74) is -0.370. The summed E-state index contributed by atoms with van der Waals surface area (Å²) in [6, 6.07) is -0.232. The van der Waals surface area contributed by atoms with Crippen molar-refractivity contribution >= 4 is 16.0 Å². The lowest BCUT2D eigenvalue weighted by molar-refractivity contribution is 0.0236. The summed E-state index contributed by atoms with van der Waals surface area (Å²) >= 11 is 0. The Hall–Kier alpha value is -1.45. The minimum Gasteiger partial charge on any atom is -0.478 e. The van der Waals surface area contributed by atoms with Gasteiger partial charge in [-0.15, -0.1) is 0 Å². The zero-order chi connectivity index (χ0) is 13.3. The van der Waals surface area contributed by atoms with Crippen LogP contribution in [0.2, 0.25) is 0 Å². The molecular formula is C9H13N3O5S. The number of sulfonamides is 1. The van der Waals surface area contributed by atoms with Gasteiger partial charge in [0.1, 0.15) is 5.56 Å². The van der Waals surface area contributed by atoms with Crippen LogP contribution in [0.3, 0.4) is 0 Å². The second-order valence-corrected chi connectivity index (χ2v) is 5.72. The molecule has 0 unspecified atom stereocenters. The normalized spacial score (nSPS) is 23.6. The first-order valence-corrected chi connectivity index (χ1v) is 6.74.